The number of benzene rings is 1. The molecule has 24 heavy (non-hydrogen) atoms. The van der Waals surface area contributed by atoms with Gasteiger partial charge >= 0.3 is 0 Å². The first-order chi connectivity index (χ1) is 11.4. The van der Waals surface area contributed by atoms with Crippen molar-refractivity contribution in [1.82, 2.24) is 4.31 Å². The van der Waals surface area contributed by atoms with Crippen LogP contribution in [0.15, 0.2) is 28.0 Å². The van der Waals surface area contributed by atoms with Gasteiger partial charge in [-0.3, -0.25) is 4.79 Å². The van der Waals surface area contributed by atoms with Crippen LogP contribution in [0.1, 0.15) is 39.5 Å². The Morgan fingerprint density at radius 3 is 2.33 bits per heavy atom. The standard InChI is InChI=1S/C17H26N2O3S2/c1-13(2)17(20)18-15-12-14(8-9-16(15)23-3)24(21,22)19-10-6-4-5-7-11-19/h8-9,12-13H,4-7,10-11H2,1-3H3,(H,18,20). The van der Waals surface area contributed by atoms with Gasteiger partial charge in [-0.1, -0.05) is 26.7 Å². The second-order valence-electron chi connectivity index (χ2n) is 6.32. The topological polar surface area (TPSA) is 66.5 Å². The fourth-order valence-corrected chi connectivity index (χ4v) is 4.73. The minimum atomic E-state index is -3.52. The van der Waals surface area contributed by atoms with Crippen molar-refractivity contribution in [2.24, 2.45) is 5.92 Å². The van der Waals surface area contributed by atoms with Gasteiger partial charge in [0.25, 0.3) is 0 Å². The average molecular weight is 371 g/mol. The maximum atomic E-state index is 12.9. The van der Waals surface area contributed by atoms with Gasteiger partial charge in [0.2, 0.25) is 15.9 Å². The second kappa shape index (κ2) is 8.36. The van der Waals surface area contributed by atoms with Crippen LogP contribution in [0.2, 0.25) is 0 Å². The molecule has 1 aliphatic rings. The van der Waals surface area contributed by atoms with Gasteiger partial charge in [-0.05, 0) is 37.3 Å². The number of hydrogen-bond acceptors (Lipinski definition) is 4. The highest BCUT2D eigenvalue weighted by atomic mass is 32.2. The van der Waals surface area contributed by atoms with Crippen LogP contribution in [-0.4, -0.2) is 38.0 Å². The summed E-state index contributed by atoms with van der Waals surface area (Å²) in [6.07, 6.45) is 5.86. The van der Waals surface area contributed by atoms with Crippen LogP contribution in [0.4, 0.5) is 5.69 Å². The molecule has 1 saturated heterocycles. The number of rotatable bonds is 5. The van der Waals surface area contributed by atoms with Gasteiger partial charge in [0.1, 0.15) is 0 Å². The van der Waals surface area contributed by atoms with E-state index >= 15 is 0 Å². The first-order valence-electron chi connectivity index (χ1n) is 8.35. The molecule has 1 aromatic rings. The van der Waals surface area contributed by atoms with E-state index in [1.807, 2.05) is 20.1 Å². The first kappa shape index (κ1) is 19.3. The summed E-state index contributed by atoms with van der Waals surface area (Å²) in [5.74, 6) is -0.278. The minimum absolute atomic E-state index is 0.116. The minimum Gasteiger partial charge on any atom is -0.325 e. The number of nitrogens with one attached hydrogen (secondary N) is 1. The van der Waals surface area contributed by atoms with Crippen LogP contribution in [0, 0.1) is 5.92 Å². The molecule has 0 unspecified atom stereocenters. The number of carbonyl (C=O) groups is 1. The van der Waals surface area contributed by atoms with Gasteiger partial charge in [0, 0.05) is 23.9 Å². The van der Waals surface area contributed by atoms with Crippen molar-refractivity contribution in [2.45, 2.75) is 49.3 Å². The summed E-state index contributed by atoms with van der Waals surface area (Å²) in [7, 11) is -3.52. The van der Waals surface area contributed by atoms with E-state index in [1.165, 1.54) is 11.8 Å². The molecule has 0 aliphatic carbocycles. The van der Waals surface area contributed by atoms with Gasteiger partial charge in [0.05, 0.1) is 10.6 Å². The summed E-state index contributed by atoms with van der Waals surface area (Å²) in [6, 6.07) is 4.99. The second-order valence-corrected chi connectivity index (χ2v) is 9.11. The highest BCUT2D eigenvalue weighted by Gasteiger charge is 2.26. The van der Waals surface area contributed by atoms with E-state index in [0.29, 0.717) is 18.8 Å². The lowest BCUT2D eigenvalue weighted by molar-refractivity contribution is -0.118. The number of carbonyl (C=O) groups excluding carboxylic acids is 1. The van der Waals surface area contributed by atoms with Gasteiger partial charge in [-0.25, -0.2) is 8.42 Å². The molecule has 1 N–H and O–H groups in total. The zero-order valence-corrected chi connectivity index (χ0v) is 16.2. The van der Waals surface area contributed by atoms with Gasteiger partial charge < -0.3 is 5.32 Å². The molecule has 0 saturated carbocycles. The Hall–Kier alpha value is -1.05. The lowest BCUT2D eigenvalue weighted by Crippen LogP contribution is -2.32. The van der Waals surface area contributed by atoms with Gasteiger partial charge in [0.15, 0.2) is 0 Å². The maximum absolute atomic E-state index is 12.9. The van der Waals surface area contributed by atoms with Crippen molar-refractivity contribution in [1.29, 1.82) is 0 Å². The average Bonchev–Trinajstić information content (AvgIpc) is 2.84. The molecular weight excluding hydrogens is 344 g/mol. The third-order valence-electron chi connectivity index (χ3n) is 4.16. The Balaban J connectivity index is 2.34. The molecule has 7 heteroatoms. The van der Waals surface area contributed by atoms with Crippen LogP contribution in [0.25, 0.3) is 0 Å². The first-order valence-corrected chi connectivity index (χ1v) is 11.0. The third kappa shape index (κ3) is 4.52. The van der Waals surface area contributed by atoms with Crippen molar-refractivity contribution in [3.05, 3.63) is 18.2 Å². The molecule has 1 amide bonds. The molecule has 0 spiro atoms. The molecule has 0 bridgehead atoms. The van der Waals surface area contributed by atoms with E-state index in [9.17, 15) is 13.2 Å². The Morgan fingerprint density at radius 2 is 1.79 bits per heavy atom. The largest absolute Gasteiger partial charge is 0.325 e. The van der Waals surface area contributed by atoms with E-state index in [1.54, 1.807) is 22.5 Å². The van der Waals surface area contributed by atoms with Crippen LogP contribution in [-0.2, 0) is 14.8 Å². The van der Waals surface area contributed by atoms with Crippen LogP contribution < -0.4 is 5.32 Å². The number of nitrogens with zero attached hydrogens (tertiary/aromatic N) is 1. The van der Waals surface area contributed by atoms with E-state index in [0.717, 1.165) is 30.6 Å². The molecule has 1 heterocycles. The third-order valence-corrected chi connectivity index (χ3v) is 6.85. The highest BCUT2D eigenvalue weighted by molar-refractivity contribution is 7.98. The summed E-state index contributed by atoms with van der Waals surface area (Å²) in [5.41, 5.74) is 0.567. The van der Waals surface area contributed by atoms with Gasteiger partial charge in [-0.15, -0.1) is 11.8 Å². The molecular formula is C17H26N2O3S2. The Kier molecular flexibility index (Phi) is 6.71. The van der Waals surface area contributed by atoms with Crippen molar-refractivity contribution < 1.29 is 13.2 Å². The molecule has 2 rings (SSSR count). The summed E-state index contributed by atoms with van der Waals surface area (Å²) in [6.45, 7) is 4.76. The Morgan fingerprint density at radius 1 is 1.17 bits per heavy atom. The number of thioether (sulfide) groups is 1. The fraction of sp³-hybridized carbons (Fsp3) is 0.588. The van der Waals surface area contributed by atoms with E-state index in [2.05, 4.69) is 5.32 Å². The molecule has 1 aliphatic heterocycles. The van der Waals surface area contributed by atoms with Crippen LogP contribution >= 0.6 is 11.8 Å². The zero-order chi connectivity index (χ0) is 17.7. The molecule has 1 fully saturated rings. The number of amides is 1. The highest BCUT2D eigenvalue weighted by Crippen LogP contribution is 2.30. The van der Waals surface area contributed by atoms with E-state index < -0.39 is 10.0 Å². The summed E-state index contributed by atoms with van der Waals surface area (Å²) >= 11 is 1.48. The lowest BCUT2D eigenvalue weighted by atomic mass is 10.2. The predicted molar refractivity (Wildman–Crippen MR) is 98.9 cm³/mol. The van der Waals surface area contributed by atoms with Crippen LogP contribution in [0.3, 0.4) is 0 Å². The molecule has 0 atom stereocenters. The number of anilines is 1. The molecule has 134 valence electrons. The molecule has 5 nitrogen and oxygen atoms in total. The van der Waals surface area contributed by atoms with Gasteiger partial charge in [-0.2, -0.15) is 4.31 Å². The predicted octanol–water partition coefficient (Wildman–Crippen LogP) is 3.57. The van der Waals surface area contributed by atoms with E-state index in [4.69, 9.17) is 0 Å². The summed E-state index contributed by atoms with van der Waals surface area (Å²) < 4.78 is 27.4. The molecule has 1 aromatic carbocycles. The maximum Gasteiger partial charge on any atom is 0.243 e. The van der Waals surface area contributed by atoms with Crippen LogP contribution in [0.5, 0.6) is 0 Å². The number of sulfonamides is 1. The molecule has 0 aromatic heterocycles. The lowest BCUT2D eigenvalue weighted by Gasteiger charge is -2.21. The Labute approximate surface area is 149 Å². The van der Waals surface area contributed by atoms with E-state index in [-0.39, 0.29) is 16.7 Å². The quantitative estimate of drug-likeness (QED) is 0.805. The normalized spacial score (nSPS) is 16.8. The Bertz CT molecular complexity index is 679. The fourth-order valence-electron chi connectivity index (χ4n) is 2.65. The van der Waals surface area contributed by atoms with Crippen molar-refractivity contribution in [3.63, 3.8) is 0 Å². The summed E-state index contributed by atoms with van der Waals surface area (Å²) in [4.78, 5) is 13.1. The summed E-state index contributed by atoms with van der Waals surface area (Å²) in [5, 5.41) is 2.85. The number of hydrogen-bond donors (Lipinski definition) is 1. The monoisotopic (exact) mass is 370 g/mol. The smallest absolute Gasteiger partial charge is 0.243 e. The van der Waals surface area contributed by atoms with Crippen molar-refractivity contribution >= 4 is 33.4 Å². The SMILES string of the molecule is CSc1ccc(S(=O)(=O)N2CCCCCC2)cc1NC(=O)C(C)C. The zero-order valence-electron chi connectivity index (χ0n) is 14.5. The van der Waals surface area contributed by atoms with Crippen molar-refractivity contribution in [2.75, 3.05) is 24.7 Å². The van der Waals surface area contributed by atoms with Crippen molar-refractivity contribution in [3.8, 4) is 0 Å². The molecule has 0 radical (unpaired) electrons.